The van der Waals surface area contributed by atoms with Gasteiger partial charge >= 0.3 is 0 Å². The van der Waals surface area contributed by atoms with Crippen LogP contribution in [-0.2, 0) is 0 Å². The Morgan fingerprint density at radius 1 is 1.06 bits per heavy atom. The molecule has 2 nitrogen and oxygen atoms in total. The van der Waals surface area contributed by atoms with Gasteiger partial charge in [-0.3, -0.25) is 0 Å². The molecule has 2 aromatic carbocycles. The molecule has 0 aliphatic heterocycles. The van der Waals surface area contributed by atoms with Gasteiger partial charge in [0.05, 0.1) is 13.2 Å². The average Bonchev–Trinajstić information content (AvgIpc) is 2.38. The second kappa shape index (κ2) is 5.23. The Hall–Kier alpha value is -1.80. The van der Waals surface area contributed by atoms with Crippen molar-refractivity contribution in [2.45, 2.75) is 20.0 Å². The smallest absolute Gasteiger partial charge is 0.127 e. The van der Waals surface area contributed by atoms with Gasteiger partial charge in [0, 0.05) is 5.56 Å². The van der Waals surface area contributed by atoms with Crippen LogP contribution in [0.4, 0.5) is 0 Å². The van der Waals surface area contributed by atoms with E-state index in [1.165, 1.54) is 5.56 Å². The van der Waals surface area contributed by atoms with Crippen LogP contribution in [0.3, 0.4) is 0 Å². The summed E-state index contributed by atoms with van der Waals surface area (Å²) in [6.07, 6.45) is -0.519. The van der Waals surface area contributed by atoms with Crippen molar-refractivity contribution in [1.82, 2.24) is 0 Å². The zero-order valence-electron chi connectivity index (χ0n) is 11.0. The summed E-state index contributed by atoms with van der Waals surface area (Å²) < 4.78 is 5.43. The molecule has 18 heavy (non-hydrogen) atoms. The van der Waals surface area contributed by atoms with Gasteiger partial charge in [-0.25, -0.2) is 0 Å². The summed E-state index contributed by atoms with van der Waals surface area (Å²) in [5, 5.41) is 9.92. The second-order valence-electron chi connectivity index (χ2n) is 4.42. The Labute approximate surface area is 108 Å². The summed E-state index contributed by atoms with van der Waals surface area (Å²) in [7, 11) is 1.66. The molecule has 0 heterocycles. The molecule has 0 unspecified atom stereocenters. The molecule has 0 aromatic heterocycles. The number of aliphatic hydroxyl groups excluding tert-OH is 1. The molecule has 0 aliphatic rings. The highest BCUT2D eigenvalue weighted by Crippen LogP contribution is 2.37. The van der Waals surface area contributed by atoms with Crippen LogP contribution in [0.25, 0.3) is 11.1 Å². The molecule has 0 saturated carbocycles. The van der Waals surface area contributed by atoms with Crippen molar-refractivity contribution in [3.63, 3.8) is 0 Å². The van der Waals surface area contributed by atoms with Crippen molar-refractivity contribution in [1.29, 1.82) is 0 Å². The third-order valence-electron chi connectivity index (χ3n) is 3.14. The van der Waals surface area contributed by atoms with E-state index in [9.17, 15) is 5.11 Å². The maximum Gasteiger partial charge on any atom is 0.127 e. The van der Waals surface area contributed by atoms with Crippen LogP contribution in [0.15, 0.2) is 42.5 Å². The van der Waals surface area contributed by atoms with Crippen LogP contribution < -0.4 is 4.74 Å². The van der Waals surface area contributed by atoms with E-state index in [0.717, 1.165) is 22.4 Å². The molecule has 0 aliphatic carbocycles. The fourth-order valence-corrected chi connectivity index (χ4v) is 2.21. The van der Waals surface area contributed by atoms with E-state index in [2.05, 4.69) is 19.1 Å². The third kappa shape index (κ3) is 2.24. The van der Waals surface area contributed by atoms with Gasteiger partial charge in [-0.15, -0.1) is 0 Å². The summed E-state index contributed by atoms with van der Waals surface area (Å²) in [4.78, 5) is 0. The van der Waals surface area contributed by atoms with Gasteiger partial charge < -0.3 is 9.84 Å². The van der Waals surface area contributed by atoms with Crippen LogP contribution in [0.5, 0.6) is 5.75 Å². The van der Waals surface area contributed by atoms with Crippen molar-refractivity contribution in [3.8, 4) is 16.9 Å². The molecular formula is C16H18O2. The van der Waals surface area contributed by atoms with Crippen molar-refractivity contribution in [2.75, 3.05) is 7.11 Å². The lowest BCUT2D eigenvalue weighted by molar-refractivity contribution is 0.199. The summed E-state index contributed by atoms with van der Waals surface area (Å²) >= 11 is 0. The first kappa shape index (κ1) is 12.7. The van der Waals surface area contributed by atoms with Crippen LogP contribution in [0.1, 0.15) is 24.2 Å². The highest BCUT2D eigenvalue weighted by molar-refractivity contribution is 5.76. The molecule has 2 rings (SSSR count). The van der Waals surface area contributed by atoms with Gasteiger partial charge in [-0.2, -0.15) is 0 Å². The summed E-state index contributed by atoms with van der Waals surface area (Å²) in [5.74, 6) is 0.794. The minimum Gasteiger partial charge on any atom is -0.496 e. The first-order valence-corrected chi connectivity index (χ1v) is 6.06. The molecule has 0 bridgehead atoms. The van der Waals surface area contributed by atoms with E-state index in [-0.39, 0.29) is 0 Å². The van der Waals surface area contributed by atoms with Crippen LogP contribution in [0, 0.1) is 6.92 Å². The van der Waals surface area contributed by atoms with Gasteiger partial charge in [0.1, 0.15) is 5.75 Å². The van der Waals surface area contributed by atoms with Gasteiger partial charge in [-0.05, 0) is 36.6 Å². The average molecular weight is 242 g/mol. The third-order valence-corrected chi connectivity index (χ3v) is 3.14. The number of aryl methyl sites for hydroxylation is 1. The molecule has 94 valence electrons. The lowest BCUT2D eigenvalue weighted by atomic mass is 9.93. The molecule has 1 atom stereocenters. The Morgan fingerprint density at radius 2 is 1.78 bits per heavy atom. The fraction of sp³-hybridized carbons (Fsp3) is 0.250. The summed E-state index contributed by atoms with van der Waals surface area (Å²) in [6.45, 7) is 3.84. The van der Waals surface area contributed by atoms with E-state index in [0.29, 0.717) is 0 Å². The maximum absolute atomic E-state index is 9.92. The predicted molar refractivity (Wildman–Crippen MR) is 73.8 cm³/mol. The number of aliphatic hydroxyl groups is 1. The number of benzene rings is 2. The van der Waals surface area contributed by atoms with Gasteiger partial charge in [0.2, 0.25) is 0 Å². The normalized spacial score (nSPS) is 12.2. The van der Waals surface area contributed by atoms with Crippen molar-refractivity contribution >= 4 is 0 Å². The maximum atomic E-state index is 9.92. The van der Waals surface area contributed by atoms with Crippen LogP contribution in [-0.4, -0.2) is 12.2 Å². The van der Waals surface area contributed by atoms with Crippen molar-refractivity contribution in [3.05, 3.63) is 53.6 Å². The lowest BCUT2D eigenvalue weighted by Crippen LogP contribution is -1.99. The van der Waals surface area contributed by atoms with Gasteiger partial charge in [0.25, 0.3) is 0 Å². The van der Waals surface area contributed by atoms with Crippen molar-refractivity contribution < 1.29 is 9.84 Å². The molecule has 0 fully saturated rings. The molecule has 2 aromatic rings. The number of hydrogen-bond donors (Lipinski definition) is 1. The standard InChI is InChI=1S/C16H18O2/c1-11-7-4-5-8-13(11)16-14(12(2)17)9-6-10-15(16)18-3/h4-10,12,17H,1-3H3/t12-/m0/s1. The Balaban J connectivity index is 2.72. The first-order chi connectivity index (χ1) is 8.65. The Bertz CT molecular complexity index is 545. The molecule has 2 heteroatoms. The lowest BCUT2D eigenvalue weighted by Gasteiger charge is -2.17. The molecule has 0 radical (unpaired) electrons. The monoisotopic (exact) mass is 242 g/mol. The topological polar surface area (TPSA) is 29.5 Å². The van der Waals surface area contributed by atoms with Gasteiger partial charge in [0.15, 0.2) is 0 Å². The quantitative estimate of drug-likeness (QED) is 0.888. The predicted octanol–water partition coefficient (Wildman–Crippen LogP) is 3.72. The van der Waals surface area contributed by atoms with E-state index in [1.807, 2.05) is 30.3 Å². The van der Waals surface area contributed by atoms with E-state index < -0.39 is 6.10 Å². The molecule has 0 amide bonds. The van der Waals surface area contributed by atoms with Crippen LogP contribution >= 0.6 is 0 Å². The number of hydrogen-bond acceptors (Lipinski definition) is 2. The van der Waals surface area contributed by atoms with Gasteiger partial charge in [-0.1, -0.05) is 36.4 Å². The Morgan fingerprint density at radius 3 is 2.39 bits per heavy atom. The number of rotatable bonds is 3. The Kier molecular flexibility index (Phi) is 3.68. The molecule has 1 N–H and O–H groups in total. The van der Waals surface area contributed by atoms with Crippen LogP contribution in [0.2, 0.25) is 0 Å². The minimum atomic E-state index is -0.519. The highest BCUT2D eigenvalue weighted by Gasteiger charge is 2.15. The SMILES string of the molecule is COc1cccc([C@H](C)O)c1-c1ccccc1C. The molecular weight excluding hydrogens is 224 g/mol. The molecule has 0 spiro atoms. The number of ether oxygens (including phenoxy) is 1. The second-order valence-corrected chi connectivity index (χ2v) is 4.42. The zero-order chi connectivity index (χ0) is 13.1. The minimum absolute atomic E-state index is 0.519. The molecule has 0 saturated heterocycles. The first-order valence-electron chi connectivity index (χ1n) is 6.06. The van der Waals surface area contributed by atoms with E-state index >= 15 is 0 Å². The largest absolute Gasteiger partial charge is 0.496 e. The summed E-state index contributed by atoms with van der Waals surface area (Å²) in [5.41, 5.74) is 4.14. The fourth-order valence-electron chi connectivity index (χ4n) is 2.21. The van der Waals surface area contributed by atoms with E-state index in [4.69, 9.17) is 4.74 Å². The summed E-state index contributed by atoms with van der Waals surface area (Å²) in [6, 6.07) is 13.9. The number of methoxy groups -OCH3 is 1. The van der Waals surface area contributed by atoms with E-state index in [1.54, 1.807) is 14.0 Å². The zero-order valence-corrected chi connectivity index (χ0v) is 11.0. The highest BCUT2D eigenvalue weighted by atomic mass is 16.5. The van der Waals surface area contributed by atoms with Crippen molar-refractivity contribution in [2.24, 2.45) is 0 Å².